The van der Waals surface area contributed by atoms with Crippen LogP contribution in [-0.4, -0.2) is 13.6 Å². The molecule has 1 aromatic rings. The third kappa shape index (κ3) is 3.79. The summed E-state index contributed by atoms with van der Waals surface area (Å²) < 4.78 is 0. The van der Waals surface area contributed by atoms with Gasteiger partial charge in [-0.2, -0.15) is 0 Å². The van der Waals surface area contributed by atoms with Gasteiger partial charge in [-0.3, -0.25) is 0 Å². The minimum absolute atomic E-state index is 0. The smallest absolute Gasteiger partial charge is 0.0794 e. The van der Waals surface area contributed by atoms with Gasteiger partial charge in [0.05, 0.1) is 13.6 Å². The normalized spacial score (nSPS) is 8.82. The molecule has 2 N–H and O–H groups in total. The Hall–Kier alpha value is -0.820. The van der Waals surface area contributed by atoms with E-state index in [1.807, 2.05) is 0 Å². The lowest BCUT2D eigenvalue weighted by atomic mass is 10.2. The van der Waals surface area contributed by atoms with E-state index in [1.54, 1.807) is 0 Å². The van der Waals surface area contributed by atoms with Crippen molar-refractivity contribution in [1.82, 2.24) is 0 Å². The Morgan fingerprint density at radius 2 is 1.82 bits per heavy atom. The molecule has 0 aliphatic carbocycles. The topological polar surface area (TPSA) is 16.6 Å². The molecule has 0 aliphatic heterocycles. The molecule has 0 amide bonds. The van der Waals surface area contributed by atoms with Gasteiger partial charge in [0.2, 0.25) is 0 Å². The highest BCUT2D eigenvalue weighted by Gasteiger charge is 1.88. The Kier molecular flexibility index (Phi) is 5.49. The first-order valence-corrected chi connectivity index (χ1v) is 3.75. The molecule has 0 radical (unpaired) electrons. The van der Waals surface area contributed by atoms with Gasteiger partial charge < -0.3 is 5.32 Å². The van der Waals surface area contributed by atoms with Gasteiger partial charge in [0.1, 0.15) is 0 Å². The van der Waals surface area contributed by atoms with Crippen LogP contribution in [0.4, 0.5) is 0 Å². The first-order valence-electron chi connectivity index (χ1n) is 3.75. The lowest BCUT2D eigenvalue weighted by molar-refractivity contribution is -0.626. The van der Waals surface area contributed by atoms with Crippen LogP contribution in [-0.2, 0) is 6.42 Å². The van der Waals surface area contributed by atoms with Gasteiger partial charge in [-0.05, 0) is 5.56 Å². The zero-order valence-electron chi connectivity index (χ0n) is 6.38. The van der Waals surface area contributed by atoms with Crippen LogP contribution in [0.1, 0.15) is 13.0 Å². The van der Waals surface area contributed by atoms with Crippen LogP contribution in [0.5, 0.6) is 0 Å². The standard InChI is InChI=1S/C9H13N.CH4/c1-10-8-7-9-5-3-2-4-6-9;/h2-6,10H,7-8H2,1H3;1H4/p+1. The predicted molar refractivity (Wildman–Crippen MR) is 49.6 cm³/mol. The van der Waals surface area contributed by atoms with E-state index < -0.39 is 0 Å². The van der Waals surface area contributed by atoms with E-state index in [0.29, 0.717) is 0 Å². The van der Waals surface area contributed by atoms with Gasteiger partial charge in [-0.15, -0.1) is 0 Å². The molecular weight excluding hydrogens is 134 g/mol. The Balaban J connectivity index is 0.000001000. The van der Waals surface area contributed by atoms with E-state index in [0.717, 1.165) is 0 Å². The number of quaternary nitrogens is 1. The highest BCUT2D eigenvalue weighted by Crippen LogP contribution is 1.96. The predicted octanol–water partition coefficient (Wildman–Crippen LogP) is 1.06. The van der Waals surface area contributed by atoms with E-state index in [9.17, 15) is 0 Å². The highest BCUT2D eigenvalue weighted by atomic mass is 14.8. The Bertz CT molecular complexity index is 169. The van der Waals surface area contributed by atoms with Crippen molar-refractivity contribution in [2.24, 2.45) is 0 Å². The van der Waals surface area contributed by atoms with Crippen molar-refractivity contribution in [2.45, 2.75) is 13.8 Å². The fourth-order valence-electron chi connectivity index (χ4n) is 0.956. The monoisotopic (exact) mass is 152 g/mol. The largest absolute Gasteiger partial charge is 0.348 e. The number of likely N-dealkylation sites (N-methyl/N-ethyl adjacent to an activating group) is 1. The molecule has 0 atom stereocenters. The zero-order chi connectivity index (χ0) is 7.23. The summed E-state index contributed by atoms with van der Waals surface area (Å²) in [5.41, 5.74) is 1.43. The molecule has 0 heterocycles. The molecule has 1 heteroatoms. The summed E-state index contributed by atoms with van der Waals surface area (Å²) in [4.78, 5) is 0. The van der Waals surface area contributed by atoms with E-state index >= 15 is 0 Å². The lowest BCUT2D eigenvalue weighted by Crippen LogP contribution is -2.80. The maximum atomic E-state index is 2.20. The van der Waals surface area contributed by atoms with Crippen molar-refractivity contribution in [3.63, 3.8) is 0 Å². The fraction of sp³-hybridized carbons (Fsp3) is 0.400. The first kappa shape index (κ1) is 10.2. The third-order valence-electron chi connectivity index (χ3n) is 1.56. The summed E-state index contributed by atoms with van der Waals surface area (Å²) in [5.74, 6) is 0. The number of hydrogen-bond donors (Lipinski definition) is 1. The van der Waals surface area contributed by atoms with Gasteiger partial charge in [0.15, 0.2) is 0 Å². The molecule has 11 heavy (non-hydrogen) atoms. The molecule has 0 aliphatic rings. The Labute approximate surface area is 69.4 Å². The molecule has 0 saturated heterocycles. The summed E-state index contributed by atoms with van der Waals surface area (Å²) >= 11 is 0. The zero-order valence-corrected chi connectivity index (χ0v) is 6.38. The summed E-state index contributed by atoms with van der Waals surface area (Å²) in [6.07, 6.45) is 1.18. The molecule has 0 aromatic heterocycles. The fourth-order valence-corrected chi connectivity index (χ4v) is 0.956. The number of rotatable bonds is 3. The SMILES string of the molecule is C.C[NH2+]CCc1ccccc1. The molecule has 0 spiro atoms. The van der Waals surface area contributed by atoms with Crippen molar-refractivity contribution in [3.05, 3.63) is 35.9 Å². The summed E-state index contributed by atoms with van der Waals surface area (Å²) in [5, 5.41) is 2.20. The third-order valence-corrected chi connectivity index (χ3v) is 1.56. The minimum Gasteiger partial charge on any atom is -0.348 e. The molecule has 1 nitrogen and oxygen atoms in total. The van der Waals surface area contributed by atoms with Crippen LogP contribution in [0.15, 0.2) is 30.3 Å². The molecule has 0 fully saturated rings. The van der Waals surface area contributed by atoms with Crippen LogP contribution >= 0.6 is 0 Å². The first-order chi connectivity index (χ1) is 4.93. The van der Waals surface area contributed by atoms with Crippen LogP contribution in [0.2, 0.25) is 0 Å². The highest BCUT2D eigenvalue weighted by molar-refractivity contribution is 5.14. The van der Waals surface area contributed by atoms with E-state index in [2.05, 4.69) is 42.7 Å². The molecule has 0 bridgehead atoms. The van der Waals surface area contributed by atoms with Crippen LogP contribution in [0.3, 0.4) is 0 Å². The van der Waals surface area contributed by atoms with Gasteiger partial charge in [0.25, 0.3) is 0 Å². The van der Waals surface area contributed by atoms with E-state index in [1.165, 1.54) is 18.5 Å². The number of hydrogen-bond acceptors (Lipinski definition) is 0. The van der Waals surface area contributed by atoms with Crippen molar-refractivity contribution >= 4 is 0 Å². The quantitative estimate of drug-likeness (QED) is 0.667. The Morgan fingerprint density at radius 1 is 1.18 bits per heavy atom. The molecule has 0 saturated carbocycles. The van der Waals surface area contributed by atoms with Gasteiger partial charge in [-0.25, -0.2) is 0 Å². The average Bonchev–Trinajstić information content (AvgIpc) is 2.03. The van der Waals surface area contributed by atoms with Crippen LogP contribution < -0.4 is 5.32 Å². The average molecular weight is 152 g/mol. The summed E-state index contributed by atoms with van der Waals surface area (Å²) in [6, 6.07) is 10.6. The van der Waals surface area contributed by atoms with Crippen molar-refractivity contribution < 1.29 is 5.32 Å². The molecule has 62 valence electrons. The van der Waals surface area contributed by atoms with E-state index in [-0.39, 0.29) is 7.43 Å². The molecule has 0 unspecified atom stereocenters. The van der Waals surface area contributed by atoms with Gasteiger partial charge in [-0.1, -0.05) is 37.8 Å². The van der Waals surface area contributed by atoms with Crippen molar-refractivity contribution in [1.29, 1.82) is 0 Å². The summed E-state index contributed by atoms with van der Waals surface area (Å²) in [6.45, 7) is 1.18. The second-order valence-electron chi connectivity index (χ2n) is 2.43. The Morgan fingerprint density at radius 3 is 2.36 bits per heavy atom. The second kappa shape index (κ2) is 5.93. The molecular formula is C10H18N+. The van der Waals surface area contributed by atoms with Crippen molar-refractivity contribution in [2.75, 3.05) is 13.6 Å². The number of benzene rings is 1. The minimum atomic E-state index is 0. The van der Waals surface area contributed by atoms with Gasteiger partial charge in [0, 0.05) is 6.42 Å². The molecule has 1 aromatic carbocycles. The van der Waals surface area contributed by atoms with Crippen molar-refractivity contribution in [3.8, 4) is 0 Å². The maximum absolute atomic E-state index is 2.20. The maximum Gasteiger partial charge on any atom is 0.0794 e. The number of nitrogens with two attached hydrogens (primary N) is 1. The molecule has 1 rings (SSSR count). The van der Waals surface area contributed by atoms with Crippen LogP contribution in [0, 0.1) is 0 Å². The summed E-state index contributed by atoms with van der Waals surface area (Å²) in [7, 11) is 2.10. The van der Waals surface area contributed by atoms with E-state index in [4.69, 9.17) is 0 Å². The van der Waals surface area contributed by atoms with Gasteiger partial charge >= 0.3 is 0 Å². The lowest BCUT2D eigenvalue weighted by Gasteiger charge is -1.95. The second-order valence-corrected chi connectivity index (χ2v) is 2.43. The van der Waals surface area contributed by atoms with Crippen LogP contribution in [0.25, 0.3) is 0 Å².